The highest BCUT2D eigenvalue weighted by Gasteiger charge is 2.25. The van der Waals surface area contributed by atoms with Gasteiger partial charge in [0.25, 0.3) is 0 Å². The maximum Gasteiger partial charge on any atom is 0.0472 e. The van der Waals surface area contributed by atoms with Gasteiger partial charge < -0.3 is 5.11 Å². The van der Waals surface area contributed by atoms with Crippen LogP contribution in [0.4, 0.5) is 0 Å². The Kier molecular flexibility index (Phi) is 2.05. The first-order valence-corrected chi connectivity index (χ1v) is 3.36. The quantitative estimate of drug-likeness (QED) is 0.473. The van der Waals surface area contributed by atoms with Gasteiger partial charge in [0, 0.05) is 19.2 Å². The lowest BCUT2D eigenvalue weighted by atomic mass is 10.1. The van der Waals surface area contributed by atoms with E-state index in [4.69, 9.17) is 10.9 Å². The molecular weight excluding hydrogens is 116 g/mol. The van der Waals surface area contributed by atoms with Crippen LogP contribution in [0.15, 0.2) is 0 Å². The summed E-state index contributed by atoms with van der Waals surface area (Å²) in [4.78, 5) is 0. The largest absolute Gasteiger partial charge is 0.396 e. The van der Waals surface area contributed by atoms with Crippen molar-refractivity contribution in [2.24, 2.45) is 11.8 Å². The summed E-state index contributed by atoms with van der Waals surface area (Å²) in [5.74, 6) is 5.97. The minimum Gasteiger partial charge on any atom is -0.396 e. The van der Waals surface area contributed by atoms with E-state index in [1.165, 1.54) is 0 Å². The maximum absolute atomic E-state index is 8.72. The predicted octanol–water partition coefficient (Wildman–Crippen LogP) is -0.437. The molecule has 54 valence electrons. The minimum atomic E-state index is 0.276. The van der Waals surface area contributed by atoms with Crippen LogP contribution in [0.5, 0.6) is 0 Å². The van der Waals surface area contributed by atoms with E-state index in [1.807, 2.05) is 0 Å². The van der Waals surface area contributed by atoms with E-state index < -0.39 is 0 Å². The normalized spacial score (nSPS) is 37.7. The summed E-state index contributed by atoms with van der Waals surface area (Å²) in [6.45, 7) is 3.20. The Labute approximate surface area is 55.4 Å². The number of hydrogen-bond acceptors (Lipinski definition) is 3. The van der Waals surface area contributed by atoms with Crippen molar-refractivity contribution in [2.75, 3.05) is 13.2 Å². The Hall–Kier alpha value is -0.120. The van der Waals surface area contributed by atoms with Crippen LogP contribution in [0.25, 0.3) is 0 Å². The molecule has 1 heterocycles. The van der Waals surface area contributed by atoms with E-state index in [-0.39, 0.29) is 6.61 Å². The second-order valence-electron chi connectivity index (χ2n) is 2.83. The van der Waals surface area contributed by atoms with E-state index in [0.29, 0.717) is 12.0 Å². The lowest BCUT2D eigenvalue weighted by molar-refractivity contribution is 0.220. The van der Waals surface area contributed by atoms with Crippen molar-refractivity contribution in [3.63, 3.8) is 0 Å². The third kappa shape index (κ3) is 1.41. The van der Waals surface area contributed by atoms with Crippen molar-refractivity contribution < 1.29 is 5.11 Å². The van der Waals surface area contributed by atoms with Crippen LogP contribution in [-0.4, -0.2) is 29.3 Å². The number of aliphatic hydroxyl groups is 1. The summed E-state index contributed by atoms with van der Waals surface area (Å²) in [6, 6.07) is 0.446. The molecule has 1 rings (SSSR count). The first-order chi connectivity index (χ1) is 4.24. The molecule has 0 saturated carbocycles. The Balaban J connectivity index is 2.35. The van der Waals surface area contributed by atoms with E-state index in [9.17, 15) is 0 Å². The molecular formula is C6H14N2O. The molecule has 0 spiro atoms. The van der Waals surface area contributed by atoms with Gasteiger partial charge in [-0.15, -0.1) is 0 Å². The molecule has 3 N–H and O–H groups in total. The molecule has 0 radical (unpaired) electrons. The highest BCUT2D eigenvalue weighted by Crippen LogP contribution is 2.18. The molecule has 3 heteroatoms. The van der Waals surface area contributed by atoms with Crippen molar-refractivity contribution in [3.8, 4) is 0 Å². The van der Waals surface area contributed by atoms with Crippen LogP contribution in [-0.2, 0) is 0 Å². The number of hydrogen-bond donors (Lipinski definition) is 2. The highest BCUT2D eigenvalue weighted by atomic mass is 16.3. The zero-order chi connectivity index (χ0) is 6.85. The lowest BCUT2D eigenvalue weighted by Crippen LogP contribution is -2.34. The summed E-state index contributed by atoms with van der Waals surface area (Å²) in [6.07, 6.45) is 1.03. The van der Waals surface area contributed by atoms with Crippen LogP contribution in [0.2, 0.25) is 0 Å². The van der Waals surface area contributed by atoms with Gasteiger partial charge in [0.2, 0.25) is 0 Å². The van der Waals surface area contributed by atoms with Gasteiger partial charge in [0.15, 0.2) is 0 Å². The Morgan fingerprint density at radius 2 is 2.44 bits per heavy atom. The van der Waals surface area contributed by atoms with E-state index in [1.54, 1.807) is 5.01 Å². The fourth-order valence-electron chi connectivity index (χ4n) is 1.30. The Morgan fingerprint density at radius 1 is 1.78 bits per heavy atom. The number of nitrogens with zero attached hydrogens (tertiary/aromatic N) is 1. The van der Waals surface area contributed by atoms with Gasteiger partial charge in [-0.3, -0.25) is 5.84 Å². The fourth-order valence-corrected chi connectivity index (χ4v) is 1.30. The summed E-state index contributed by atoms with van der Waals surface area (Å²) in [7, 11) is 0. The van der Waals surface area contributed by atoms with Crippen LogP contribution < -0.4 is 5.84 Å². The van der Waals surface area contributed by atoms with E-state index in [0.717, 1.165) is 13.0 Å². The average Bonchev–Trinajstić information content (AvgIpc) is 2.13. The zero-order valence-corrected chi connectivity index (χ0v) is 5.75. The summed E-state index contributed by atoms with van der Waals surface area (Å²) < 4.78 is 0. The van der Waals surface area contributed by atoms with Crippen molar-refractivity contribution in [1.82, 2.24) is 5.01 Å². The van der Waals surface area contributed by atoms with Crippen molar-refractivity contribution in [2.45, 2.75) is 19.4 Å². The van der Waals surface area contributed by atoms with Crippen molar-refractivity contribution in [1.29, 1.82) is 0 Å². The summed E-state index contributed by atoms with van der Waals surface area (Å²) >= 11 is 0. The van der Waals surface area contributed by atoms with Gasteiger partial charge in [0.1, 0.15) is 0 Å². The molecule has 9 heavy (non-hydrogen) atoms. The molecule has 1 unspecified atom stereocenters. The van der Waals surface area contributed by atoms with Gasteiger partial charge in [-0.1, -0.05) is 0 Å². The molecule has 2 atom stereocenters. The Morgan fingerprint density at radius 3 is 2.67 bits per heavy atom. The summed E-state index contributed by atoms with van der Waals surface area (Å²) in [5.41, 5.74) is 0. The van der Waals surface area contributed by atoms with E-state index >= 15 is 0 Å². The fraction of sp³-hybridized carbons (Fsp3) is 1.00. The van der Waals surface area contributed by atoms with Crippen molar-refractivity contribution in [3.05, 3.63) is 0 Å². The zero-order valence-electron chi connectivity index (χ0n) is 5.75. The van der Waals surface area contributed by atoms with Gasteiger partial charge in [0.05, 0.1) is 0 Å². The molecule has 0 aromatic heterocycles. The molecule has 1 fully saturated rings. The van der Waals surface area contributed by atoms with E-state index in [2.05, 4.69) is 6.92 Å². The third-order valence-corrected chi connectivity index (χ3v) is 1.97. The van der Waals surface area contributed by atoms with Gasteiger partial charge in [-0.25, -0.2) is 5.01 Å². The first kappa shape index (κ1) is 6.99. The second-order valence-corrected chi connectivity index (χ2v) is 2.83. The lowest BCUT2D eigenvalue weighted by Gasteiger charge is -2.11. The monoisotopic (exact) mass is 130 g/mol. The SMILES string of the molecule is C[C@@H]1CC(CO)CN1N. The van der Waals surface area contributed by atoms with Crippen LogP contribution in [0, 0.1) is 5.92 Å². The standard InChI is InChI=1S/C6H14N2O/c1-5-2-6(4-9)3-8(5)7/h5-6,9H,2-4,7H2,1H3/t5-,6?/m1/s1. The van der Waals surface area contributed by atoms with Crippen molar-refractivity contribution >= 4 is 0 Å². The number of aliphatic hydroxyl groups excluding tert-OH is 1. The van der Waals surface area contributed by atoms with Crippen LogP contribution >= 0.6 is 0 Å². The Bertz CT molecular complexity index is 87.1. The average molecular weight is 130 g/mol. The highest BCUT2D eigenvalue weighted by molar-refractivity contribution is 4.77. The maximum atomic E-state index is 8.72. The number of hydrazine groups is 1. The third-order valence-electron chi connectivity index (χ3n) is 1.97. The number of nitrogens with two attached hydrogens (primary N) is 1. The molecule has 1 saturated heterocycles. The molecule has 0 aliphatic carbocycles. The summed E-state index contributed by atoms with van der Waals surface area (Å²) in [5, 5.41) is 10.5. The molecule has 0 aromatic carbocycles. The minimum absolute atomic E-state index is 0.276. The van der Waals surface area contributed by atoms with Gasteiger partial charge in [-0.2, -0.15) is 0 Å². The predicted molar refractivity (Wildman–Crippen MR) is 35.5 cm³/mol. The van der Waals surface area contributed by atoms with Crippen LogP contribution in [0.1, 0.15) is 13.3 Å². The van der Waals surface area contributed by atoms with Gasteiger partial charge >= 0.3 is 0 Å². The molecule has 1 aliphatic rings. The molecule has 1 aliphatic heterocycles. The van der Waals surface area contributed by atoms with Crippen LogP contribution in [0.3, 0.4) is 0 Å². The molecule has 0 bridgehead atoms. The first-order valence-electron chi connectivity index (χ1n) is 3.36. The number of rotatable bonds is 1. The molecule has 0 amide bonds. The van der Waals surface area contributed by atoms with Gasteiger partial charge in [-0.05, 0) is 19.3 Å². The smallest absolute Gasteiger partial charge is 0.0472 e. The topological polar surface area (TPSA) is 49.5 Å². The second kappa shape index (κ2) is 2.64. The molecule has 0 aromatic rings. The molecule has 3 nitrogen and oxygen atoms in total.